The number of thiazole rings is 1. The van der Waals surface area contributed by atoms with E-state index < -0.39 is 17.7 Å². The predicted molar refractivity (Wildman–Crippen MR) is 133 cm³/mol. The van der Waals surface area contributed by atoms with Crippen molar-refractivity contribution in [3.63, 3.8) is 0 Å². The van der Waals surface area contributed by atoms with Crippen molar-refractivity contribution in [1.82, 2.24) is 4.98 Å². The number of hydrogen-bond donors (Lipinski definition) is 1. The van der Waals surface area contributed by atoms with Gasteiger partial charge in [0.2, 0.25) is 0 Å². The lowest BCUT2D eigenvalue weighted by Gasteiger charge is -2.21. The molecule has 7 nitrogen and oxygen atoms in total. The highest BCUT2D eigenvalue weighted by molar-refractivity contribution is 7.22. The largest absolute Gasteiger partial charge is 0.507 e. The number of aliphatic hydroxyl groups is 1. The van der Waals surface area contributed by atoms with Crippen LogP contribution in [0.15, 0.2) is 65.6 Å². The van der Waals surface area contributed by atoms with Gasteiger partial charge >= 0.3 is 5.91 Å². The zero-order valence-corrected chi connectivity index (χ0v) is 20.0. The Morgan fingerprint density at radius 2 is 1.97 bits per heavy atom. The third kappa shape index (κ3) is 3.72. The van der Waals surface area contributed by atoms with Gasteiger partial charge in [0.05, 0.1) is 29.5 Å². The third-order valence-corrected chi connectivity index (χ3v) is 7.41. The van der Waals surface area contributed by atoms with E-state index in [0.717, 1.165) is 9.58 Å². The summed E-state index contributed by atoms with van der Waals surface area (Å²) in [5.41, 5.74) is 1.11. The summed E-state index contributed by atoms with van der Waals surface area (Å²) in [6.45, 7) is 2.44. The monoisotopic (exact) mass is 492 g/mol. The van der Waals surface area contributed by atoms with Crippen molar-refractivity contribution >= 4 is 55.5 Å². The number of ether oxygens (including phenoxy) is 2. The van der Waals surface area contributed by atoms with Crippen LogP contribution in [0, 0.1) is 0 Å². The molecule has 172 valence electrons. The zero-order valence-electron chi connectivity index (χ0n) is 18.3. The molecular weight excluding hydrogens is 472 g/mol. The van der Waals surface area contributed by atoms with E-state index in [4.69, 9.17) is 9.47 Å². The number of aliphatic hydroxyl groups excluding tert-OH is 1. The third-order valence-electron chi connectivity index (χ3n) is 5.47. The summed E-state index contributed by atoms with van der Waals surface area (Å²) in [5.74, 6) is -0.500. The second kappa shape index (κ2) is 8.92. The van der Waals surface area contributed by atoms with Crippen LogP contribution in [0.3, 0.4) is 0 Å². The molecule has 0 saturated carbocycles. The lowest BCUT2D eigenvalue weighted by molar-refractivity contribution is -0.132. The second-order valence-corrected chi connectivity index (χ2v) is 9.46. The number of hydrogen-bond acceptors (Lipinski definition) is 8. The molecule has 2 aromatic heterocycles. The molecule has 4 aromatic rings. The topological polar surface area (TPSA) is 89.0 Å². The van der Waals surface area contributed by atoms with Gasteiger partial charge in [0.15, 0.2) is 5.13 Å². The minimum Gasteiger partial charge on any atom is -0.507 e. The summed E-state index contributed by atoms with van der Waals surface area (Å²) in [5, 5.41) is 13.4. The van der Waals surface area contributed by atoms with Crippen LogP contribution in [-0.4, -0.2) is 35.5 Å². The summed E-state index contributed by atoms with van der Waals surface area (Å²) in [7, 11) is 1.52. The van der Waals surface area contributed by atoms with Gasteiger partial charge in [-0.25, -0.2) is 4.98 Å². The zero-order chi connectivity index (χ0) is 23.8. The molecule has 34 heavy (non-hydrogen) atoms. The Morgan fingerprint density at radius 1 is 1.12 bits per heavy atom. The van der Waals surface area contributed by atoms with Crippen LogP contribution >= 0.6 is 22.7 Å². The van der Waals surface area contributed by atoms with Gasteiger partial charge in [0.25, 0.3) is 5.78 Å². The average Bonchev–Trinajstić information content (AvgIpc) is 3.57. The number of benzene rings is 2. The van der Waals surface area contributed by atoms with Crippen LogP contribution < -0.4 is 14.4 Å². The number of aromatic nitrogens is 1. The quantitative estimate of drug-likeness (QED) is 0.221. The maximum Gasteiger partial charge on any atom is 0.301 e. The van der Waals surface area contributed by atoms with Crippen molar-refractivity contribution in [3.8, 4) is 11.5 Å². The SMILES string of the molecule is CCOc1ccc2nc(N3C(=O)C(=O)/C(=C(/O)c4cccc(OC)c4)C3c3cccs3)sc2c1. The number of carbonyl (C=O) groups excluding carboxylic acids is 2. The van der Waals surface area contributed by atoms with Crippen molar-refractivity contribution < 1.29 is 24.2 Å². The van der Waals surface area contributed by atoms with Crippen molar-refractivity contribution in [2.24, 2.45) is 0 Å². The number of thiophene rings is 1. The fraction of sp³-hybridized carbons (Fsp3) is 0.160. The summed E-state index contributed by atoms with van der Waals surface area (Å²) in [6, 6.07) is 15.2. The lowest BCUT2D eigenvalue weighted by atomic mass is 10.00. The molecule has 2 aromatic carbocycles. The van der Waals surface area contributed by atoms with Gasteiger partial charge in [-0.2, -0.15) is 0 Å². The highest BCUT2D eigenvalue weighted by Crippen LogP contribution is 2.45. The van der Waals surface area contributed by atoms with Crippen molar-refractivity contribution in [3.05, 3.63) is 76.0 Å². The van der Waals surface area contributed by atoms with Crippen LogP contribution in [0.1, 0.15) is 23.4 Å². The molecule has 0 bridgehead atoms. The van der Waals surface area contributed by atoms with Crippen LogP contribution in [0.25, 0.3) is 16.0 Å². The number of anilines is 1. The number of methoxy groups -OCH3 is 1. The van der Waals surface area contributed by atoms with Gasteiger partial charge in [-0.05, 0) is 48.7 Å². The number of rotatable bonds is 6. The molecule has 9 heteroatoms. The van der Waals surface area contributed by atoms with E-state index in [9.17, 15) is 14.7 Å². The fourth-order valence-corrected chi connectivity index (χ4v) is 5.77. The Bertz CT molecular complexity index is 1420. The smallest absolute Gasteiger partial charge is 0.301 e. The molecule has 5 rings (SSSR count). The van der Waals surface area contributed by atoms with Gasteiger partial charge < -0.3 is 14.6 Å². The van der Waals surface area contributed by atoms with E-state index in [1.165, 1.54) is 34.7 Å². The highest BCUT2D eigenvalue weighted by atomic mass is 32.1. The minimum atomic E-state index is -0.793. The fourth-order valence-electron chi connectivity index (χ4n) is 3.92. The Balaban J connectivity index is 1.66. The van der Waals surface area contributed by atoms with E-state index in [1.54, 1.807) is 24.3 Å². The molecule has 3 heterocycles. The first-order valence-electron chi connectivity index (χ1n) is 10.5. The number of nitrogens with zero attached hydrogens (tertiary/aromatic N) is 2. The van der Waals surface area contributed by atoms with Crippen LogP contribution in [0.4, 0.5) is 5.13 Å². The normalized spacial score (nSPS) is 17.5. The number of carbonyl (C=O) groups is 2. The van der Waals surface area contributed by atoms with Gasteiger partial charge in [-0.3, -0.25) is 14.5 Å². The first kappa shape index (κ1) is 22.1. The molecule has 1 atom stereocenters. The first-order valence-corrected chi connectivity index (χ1v) is 12.2. The maximum absolute atomic E-state index is 13.3. The molecule has 1 fully saturated rings. The molecule has 1 aliphatic rings. The number of Topliss-reactive ketones (excluding diaryl/α,β-unsaturated/α-hetero) is 1. The van der Waals surface area contributed by atoms with E-state index in [-0.39, 0.29) is 11.3 Å². The van der Waals surface area contributed by atoms with E-state index in [0.29, 0.717) is 34.3 Å². The molecule has 1 saturated heterocycles. The van der Waals surface area contributed by atoms with E-state index >= 15 is 0 Å². The molecule has 1 aliphatic heterocycles. The maximum atomic E-state index is 13.3. The summed E-state index contributed by atoms with van der Waals surface area (Å²) >= 11 is 2.70. The van der Waals surface area contributed by atoms with Gasteiger partial charge in [0.1, 0.15) is 23.3 Å². The molecular formula is C25H20N2O5S2. The van der Waals surface area contributed by atoms with Crippen LogP contribution in [-0.2, 0) is 9.59 Å². The van der Waals surface area contributed by atoms with Gasteiger partial charge in [-0.15, -0.1) is 11.3 Å². The summed E-state index contributed by atoms with van der Waals surface area (Å²) in [4.78, 5) is 33.3. The van der Waals surface area contributed by atoms with Gasteiger partial charge in [-0.1, -0.05) is 29.5 Å². The standard InChI is InChI=1S/C25H20N2O5S2/c1-3-32-16-9-10-17-19(13-16)34-25(26-17)27-21(18-8-5-11-33-18)20(23(29)24(27)30)22(28)14-6-4-7-15(12-14)31-2/h4-13,21,28H,3H2,1-2H3/b22-20+. The Kier molecular flexibility index (Phi) is 5.80. The number of fused-ring (bicyclic) bond motifs is 1. The lowest BCUT2D eigenvalue weighted by Crippen LogP contribution is -2.28. The Morgan fingerprint density at radius 3 is 2.71 bits per heavy atom. The first-order chi connectivity index (χ1) is 16.5. The molecule has 0 spiro atoms. The molecule has 1 amide bonds. The molecule has 0 aliphatic carbocycles. The van der Waals surface area contributed by atoms with E-state index in [2.05, 4.69) is 4.98 Å². The average molecular weight is 493 g/mol. The van der Waals surface area contributed by atoms with Crippen molar-refractivity contribution in [2.75, 3.05) is 18.6 Å². The van der Waals surface area contributed by atoms with E-state index in [1.807, 2.05) is 42.6 Å². The highest BCUT2D eigenvalue weighted by Gasteiger charge is 2.48. The Hall–Kier alpha value is -3.69. The Labute approximate surface area is 203 Å². The second-order valence-electron chi connectivity index (χ2n) is 7.48. The summed E-state index contributed by atoms with van der Waals surface area (Å²) in [6.07, 6.45) is 0. The van der Waals surface area contributed by atoms with Crippen molar-refractivity contribution in [2.45, 2.75) is 13.0 Å². The van der Waals surface area contributed by atoms with Gasteiger partial charge in [0, 0.05) is 10.4 Å². The molecule has 0 radical (unpaired) electrons. The molecule has 1 unspecified atom stereocenters. The predicted octanol–water partition coefficient (Wildman–Crippen LogP) is 5.39. The molecule has 1 N–H and O–H groups in total. The van der Waals surface area contributed by atoms with Crippen LogP contribution in [0.5, 0.6) is 11.5 Å². The van der Waals surface area contributed by atoms with Crippen LogP contribution in [0.2, 0.25) is 0 Å². The number of amides is 1. The van der Waals surface area contributed by atoms with Crippen molar-refractivity contribution in [1.29, 1.82) is 0 Å². The minimum absolute atomic E-state index is 0.0231. The number of ketones is 1. The summed E-state index contributed by atoms with van der Waals surface area (Å²) < 4.78 is 11.7.